The molecule has 0 saturated heterocycles. The van der Waals surface area contributed by atoms with Crippen LogP contribution in [0.2, 0.25) is 0 Å². The number of nitrogens with one attached hydrogen (secondary N) is 1. The molecule has 0 aliphatic heterocycles. The van der Waals surface area contributed by atoms with E-state index in [1.807, 2.05) is 54.6 Å². The Morgan fingerprint density at radius 2 is 1.71 bits per heavy atom. The number of carbonyl (C=O) groups excluding carboxylic acids is 1. The zero-order valence-electron chi connectivity index (χ0n) is 14.6. The molecule has 0 aliphatic rings. The quantitative estimate of drug-likeness (QED) is 0.822. The van der Waals surface area contributed by atoms with Crippen LogP contribution in [0.3, 0.4) is 0 Å². The normalized spacial score (nSPS) is 13.3. The molecular formula is C20H26N2O2. The van der Waals surface area contributed by atoms with Crippen molar-refractivity contribution in [2.24, 2.45) is 0 Å². The summed E-state index contributed by atoms with van der Waals surface area (Å²) in [6.45, 7) is 2.61. The summed E-state index contributed by atoms with van der Waals surface area (Å²) in [4.78, 5) is 13.4. The minimum absolute atomic E-state index is 0.0127. The first-order valence-electron chi connectivity index (χ1n) is 8.24. The lowest BCUT2D eigenvalue weighted by Crippen LogP contribution is -2.32. The average Bonchev–Trinajstić information content (AvgIpc) is 2.60. The second-order valence-corrected chi connectivity index (χ2v) is 6.34. The predicted octanol–water partition coefficient (Wildman–Crippen LogP) is 2.64. The Hall–Kier alpha value is -2.17. The first-order valence-corrected chi connectivity index (χ1v) is 8.24. The second-order valence-electron chi connectivity index (χ2n) is 6.34. The van der Waals surface area contributed by atoms with Crippen molar-refractivity contribution in [3.8, 4) is 0 Å². The number of amides is 1. The van der Waals surface area contributed by atoms with Crippen LogP contribution in [-0.4, -0.2) is 42.6 Å². The molecule has 0 heterocycles. The second kappa shape index (κ2) is 8.62. The van der Waals surface area contributed by atoms with Gasteiger partial charge in [0.15, 0.2) is 0 Å². The molecule has 2 atom stereocenters. The maximum absolute atomic E-state index is 11.9. The van der Waals surface area contributed by atoms with Gasteiger partial charge >= 0.3 is 0 Å². The van der Waals surface area contributed by atoms with Gasteiger partial charge in [-0.1, -0.05) is 42.5 Å². The lowest BCUT2D eigenvalue weighted by Gasteiger charge is -2.18. The summed E-state index contributed by atoms with van der Waals surface area (Å²) in [6.07, 6.45) is 0.339. The Kier molecular flexibility index (Phi) is 6.53. The van der Waals surface area contributed by atoms with E-state index < -0.39 is 6.10 Å². The highest BCUT2D eigenvalue weighted by Gasteiger charge is 2.11. The monoisotopic (exact) mass is 326 g/mol. The van der Waals surface area contributed by atoms with Crippen molar-refractivity contribution in [3.63, 3.8) is 0 Å². The molecule has 24 heavy (non-hydrogen) atoms. The van der Waals surface area contributed by atoms with Crippen molar-refractivity contribution < 1.29 is 9.90 Å². The summed E-state index contributed by atoms with van der Waals surface area (Å²) >= 11 is 0. The number of nitrogens with zero attached hydrogens (tertiary/aromatic N) is 1. The first kappa shape index (κ1) is 18.2. The summed E-state index contributed by atoms with van der Waals surface area (Å²) in [6, 6.07) is 17.6. The molecule has 0 radical (unpaired) electrons. The van der Waals surface area contributed by atoms with Crippen LogP contribution in [0.5, 0.6) is 0 Å². The predicted molar refractivity (Wildman–Crippen MR) is 97.0 cm³/mol. The molecule has 128 valence electrons. The van der Waals surface area contributed by atoms with Gasteiger partial charge in [-0.25, -0.2) is 0 Å². The fraction of sp³-hybridized carbons (Fsp3) is 0.350. The van der Waals surface area contributed by atoms with E-state index in [0.29, 0.717) is 12.1 Å². The molecule has 2 N–H and O–H groups in total. The van der Waals surface area contributed by atoms with E-state index in [1.165, 1.54) is 5.56 Å². The van der Waals surface area contributed by atoms with Gasteiger partial charge in [0.2, 0.25) is 0 Å². The molecule has 0 unspecified atom stereocenters. The third-order valence-corrected chi connectivity index (χ3v) is 3.99. The van der Waals surface area contributed by atoms with E-state index >= 15 is 0 Å². The van der Waals surface area contributed by atoms with Crippen LogP contribution in [0, 0.1) is 0 Å². The molecule has 2 aromatic carbocycles. The van der Waals surface area contributed by atoms with Crippen LogP contribution in [0.4, 0.5) is 0 Å². The molecule has 1 amide bonds. The molecule has 4 nitrogen and oxygen atoms in total. The van der Waals surface area contributed by atoms with E-state index in [2.05, 4.69) is 12.2 Å². The Bertz CT molecular complexity index is 638. The summed E-state index contributed by atoms with van der Waals surface area (Å²) < 4.78 is 0. The number of hydrogen-bond acceptors (Lipinski definition) is 3. The summed E-state index contributed by atoms with van der Waals surface area (Å²) in [5, 5.41) is 13.5. The smallest absolute Gasteiger partial charge is 0.253 e. The van der Waals surface area contributed by atoms with E-state index in [4.69, 9.17) is 0 Å². The summed E-state index contributed by atoms with van der Waals surface area (Å²) in [5.41, 5.74) is 2.78. The van der Waals surface area contributed by atoms with Crippen molar-refractivity contribution in [1.82, 2.24) is 10.2 Å². The van der Waals surface area contributed by atoms with Crippen LogP contribution in [0.25, 0.3) is 0 Å². The Morgan fingerprint density at radius 3 is 2.29 bits per heavy atom. The van der Waals surface area contributed by atoms with Crippen LogP contribution in [-0.2, 0) is 6.42 Å². The van der Waals surface area contributed by atoms with E-state index in [9.17, 15) is 9.90 Å². The number of hydrogen-bond donors (Lipinski definition) is 2. The van der Waals surface area contributed by atoms with Crippen molar-refractivity contribution >= 4 is 5.91 Å². The largest absolute Gasteiger partial charge is 0.387 e. The van der Waals surface area contributed by atoms with E-state index in [-0.39, 0.29) is 11.9 Å². The fourth-order valence-electron chi connectivity index (χ4n) is 2.57. The van der Waals surface area contributed by atoms with Crippen molar-refractivity contribution in [2.45, 2.75) is 25.5 Å². The number of aliphatic hydroxyl groups is 1. The Morgan fingerprint density at radius 1 is 1.08 bits per heavy atom. The van der Waals surface area contributed by atoms with Gasteiger partial charge in [0.25, 0.3) is 5.91 Å². The third-order valence-electron chi connectivity index (χ3n) is 3.99. The van der Waals surface area contributed by atoms with Gasteiger partial charge in [-0.15, -0.1) is 0 Å². The van der Waals surface area contributed by atoms with Gasteiger partial charge in [0.05, 0.1) is 6.10 Å². The van der Waals surface area contributed by atoms with E-state index in [1.54, 1.807) is 19.0 Å². The lowest BCUT2D eigenvalue weighted by molar-refractivity contribution is 0.0827. The van der Waals surface area contributed by atoms with Crippen molar-refractivity contribution in [2.75, 3.05) is 20.6 Å². The highest BCUT2D eigenvalue weighted by atomic mass is 16.3. The topological polar surface area (TPSA) is 52.6 Å². The molecule has 0 spiro atoms. The minimum Gasteiger partial charge on any atom is -0.387 e. The molecule has 2 aromatic rings. The van der Waals surface area contributed by atoms with Gasteiger partial charge in [-0.2, -0.15) is 0 Å². The molecule has 4 heteroatoms. The fourth-order valence-corrected chi connectivity index (χ4v) is 2.57. The number of benzene rings is 2. The van der Waals surface area contributed by atoms with Gasteiger partial charge in [0, 0.05) is 32.2 Å². The molecule has 2 rings (SSSR count). The van der Waals surface area contributed by atoms with Crippen LogP contribution in [0.1, 0.15) is 34.5 Å². The maximum Gasteiger partial charge on any atom is 0.253 e. The SMILES string of the molecule is C[C@H](Cc1ccc(C(=O)N(C)C)cc1)NC[C@H](O)c1ccccc1. The maximum atomic E-state index is 11.9. The molecule has 0 aromatic heterocycles. The molecule has 0 fully saturated rings. The average molecular weight is 326 g/mol. The van der Waals surface area contributed by atoms with Gasteiger partial charge in [0.1, 0.15) is 0 Å². The van der Waals surface area contributed by atoms with Crippen molar-refractivity contribution in [3.05, 3.63) is 71.3 Å². The first-order chi connectivity index (χ1) is 11.5. The van der Waals surface area contributed by atoms with Gasteiger partial charge < -0.3 is 15.3 Å². The lowest BCUT2D eigenvalue weighted by atomic mass is 10.0. The highest BCUT2D eigenvalue weighted by molar-refractivity contribution is 5.93. The van der Waals surface area contributed by atoms with Crippen LogP contribution in [0.15, 0.2) is 54.6 Å². The number of aliphatic hydroxyl groups excluding tert-OH is 1. The summed E-state index contributed by atoms with van der Waals surface area (Å²) in [5.74, 6) is 0.0127. The van der Waals surface area contributed by atoms with Gasteiger partial charge in [-0.3, -0.25) is 4.79 Å². The molecule has 0 aliphatic carbocycles. The van der Waals surface area contributed by atoms with Crippen molar-refractivity contribution in [1.29, 1.82) is 0 Å². The molecular weight excluding hydrogens is 300 g/mol. The minimum atomic E-state index is -0.506. The molecule has 0 bridgehead atoms. The number of carbonyl (C=O) groups is 1. The van der Waals surface area contributed by atoms with E-state index in [0.717, 1.165) is 12.0 Å². The standard InChI is InChI=1S/C20H26N2O2/c1-15(21-14-19(23)17-7-5-4-6-8-17)13-16-9-11-18(12-10-16)20(24)22(2)3/h4-12,15,19,21,23H,13-14H2,1-3H3/t15-,19+/m1/s1. The third kappa shape index (κ3) is 5.18. The zero-order valence-corrected chi connectivity index (χ0v) is 14.6. The zero-order chi connectivity index (χ0) is 17.5. The van der Waals surface area contributed by atoms with Gasteiger partial charge in [-0.05, 0) is 36.6 Å². The number of rotatable bonds is 7. The molecule has 0 saturated carbocycles. The highest BCUT2D eigenvalue weighted by Crippen LogP contribution is 2.12. The van der Waals surface area contributed by atoms with Crippen LogP contribution < -0.4 is 5.32 Å². The Balaban J connectivity index is 1.84. The van der Waals surface area contributed by atoms with Crippen LogP contribution >= 0.6 is 0 Å². The summed E-state index contributed by atoms with van der Waals surface area (Å²) in [7, 11) is 3.50. The Labute approximate surface area is 144 Å².